The number of phenols is 1. The van der Waals surface area contributed by atoms with Crippen LogP contribution in [0.3, 0.4) is 0 Å². The zero-order chi connectivity index (χ0) is 22.6. The van der Waals surface area contributed by atoms with E-state index in [-0.39, 0.29) is 18.1 Å². The third-order valence-electron chi connectivity index (χ3n) is 4.43. The van der Waals surface area contributed by atoms with E-state index >= 15 is 0 Å². The minimum absolute atomic E-state index is 0.130. The van der Waals surface area contributed by atoms with Gasteiger partial charge in [-0.1, -0.05) is 25.5 Å². The van der Waals surface area contributed by atoms with E-state index in [0.717, 1.165) is 18.4 Å². The molecule has 7 heteroatoms. The lowest BCUT2D eigenvalue weighted by atomic mass is 10.1. The number of phenolic OH excluding ortho intramolecular Hbond substituents is 1. The Morgan fingerprint density at radius 2 is 1.77 bits per heavy atom. The highest BCUT2D eigenvalue weighted by Gasteiger charge is 2.12. The quantitative estimate of drug-likeness (QED) is 0.271. The number of benzene rings is 2. The van der Waals surface area contributed by atoms with Crippen LogP contribution in [0.4, 0.5) is 0 Å². The molecular weight excluding hydrogens is 400 g/mol. The van der Waals surface area contributed by atoms with Crippen LogP contribution in [0.2, 0.25) is 0 Å². The van der Waals surface area contributed by atoms with Gasteiger partial charge in [-0.15, -0.1) is 0 Å². The molecule has 2 N–H and O–H groups in total. The number of aliphatic carboxylic acids is 1. The predicted molar refractivity (Wildman–Crippen MR) is 118 cm³/mol. The number of carboxylic acid groups (broad SMARTS) is 1. The molecular formula is C24H30O7. The van der Waals surface area contributed by atoms with Crippen molar-refractivity contribution in [3.05, 3.63) is 53.3 Å². The van der Waals surface area contributed by atoms with Gasteiger partial charge in [0.05, 0.1) is 26.9 Å². The fourth-order valence-corrected chi connectivity index (χ4v) is 2.86. The number of carboxylic acids is 1. The van der Waals surface area contributed by atoms with Gasteiger partial charge in [0.2, 0.25) is 5.76 Å². The molecule has 0 fully saturated rings. The van der Waals surface area contributed by atoms with Crippen LogP contribution in [0.15, 0.2) is 42.2 Å². The summed E-state index contributed by atoms with van der Waals surface area (Å²) >= 11 is 0. The van der Waals surface area contributed by atoms with Crippen LogP contribution in [-0.2, 0) is 16.0 Å². The molecule has 0 radical (unpaired) electrons. The molecule has 2 aromatic rings. The molecule has 31 heavy (non-hydrogen) atoms. The lowest BCUT2D eigenvalue weighted by Gasteiger charge is -2.15. The van der Waals surface area contributed by atoms with Crippen molar-refractivity contribution in [2.45, 2.75) is 33.1 Å². The van der Waals surface area contributed by atoms with E-state index in [0.29, 0.717) is 42.4 Å². The normalized spacial score (nSPS) is 11.1. The molecule has 0 spiro atoms. The highest BCUT2D eigenvalue weighted by atomic mass is 16.5. The molecule has 0 aliphatic heterocycles. The standard InChI is InChI=1S/C24H30O7/c1-4-6-12-30-22-14-17(15-23(24(26)27)29-5-2)7-10-20(22)31-13-11-18-8-9-19(25)16-21(18)28-3/h7-10,14-16,25H,4-6,11-13H2,1-3H3,(H,26,27). The molecule has 0 amide bonds. The maximum absolute atomic E-state index is 11.3. The Morgan fingerprint density at radius 1 is 1.00 bits per heavy atom. The zero-order valence-corrected chi connectivity index (χ0v) is 18.2. The van der Waals surface area contributed by atoms with E-state index in [4.69, 9.17) is 18.9 Å². The Kier molecular flexibility index (Phi) is 9.55. The summed E-state index contributed by atoms with van der Waals surface area (Å²) in [6.07, 6.45) is 3.92. The van der Waals surface area contributed by atoms with Crippen LogP contribution in [0.5, 0.6) is 23.0 Å². The topological polar surface area (TPSA) is 94.5 Å². The number of rotatable bonds is 13. The van der Waals surface area contributed by atoms with Gasteiger partial charge in [-0.2, -0.15) is 0 Å². The van der Waals surface area contributed by atoms with Crippen molar-refractivity contribution in [3.8, 4) is 23.0 Å². The van der Waals surface area contributed by atoms with Crippen molar-refractivity contribution >= 4 is 12.0 Å². The average Bonchev–Trinajstić information content (AvgIpc) is 2.75. The van der Waals surface area contributed by atoms with E-state index in [1.165, 1.54) is 6.08 Å². The minimum Gasteiger partial charge on any atom is -0.508 e. The van der Waals surface area contributed by atoms with Crippen LogP contribution in [0.1, 0.15) is 37.8 Å². The Hall–Kier alpha value is -3.35. The SMILES string of the molecule is CCCCOc1cc(C=C(OCC)C(=O)O)ccc1OCCc1ccc(O)cc1OC. The molecule has 2 aromatic carbocycles. The summed E-state index contributed by atoms with van der Waals surface area (Å²) in [5.74, 6) is 0.596. The highest BCUT2D eigenvalue weighted by Crippen LogP contribution is 2.31. The Labute approximate surface area is 182 Å². The van der Waals surface area contributed by atoms with Crippen LogP contribution >= 0.6 is 0 Å². The molecule has 0 aromatic heterocycles. The van der Waals surface area contributed by atoms with Crippen LogP contribution in [0.25, 0.3) is 6.08 Å². The van der Waals surface area contributed by atoms with Crippen molar-refractivity contribution in [1.29, 1.82) is 0 Å². The molecule has 0 aliphatic carbocycles. The summed E-state index contributed by atoms with van der Waals surface area (Å²) in [4.78, 5) is 11.3. The smallest absolute Gasteiger partial charge is 0.371 e. The average molecular weight is 430 g/mol. The summed E-state index contributed by atoms with van der Waals surface area (Å²) in [5, 5.41) is 18.9. The fourth-order valence-electron chi connectivity index (χ4n) is 2.86. The molecule has 0 saturated carbocycles. The van der Waals surface area contributed by atoms with E-state index in [2.05, 4.69) is 6.92 Å². The van der Waals surface area contributed by atoms with E-state index in [1.54, 1.807) is 50.4 Å². The van der Waals surface area contributed by atoms with Crippen molar-refractivity contribution < 1.29 is 34.0 Å². The van der Waals surface area contributed by atoms with Gasteiger partial charge in [0.1, 0.15) is 11.5 Å². The fraction of sp³-hybridized carbons (Fsp3) is 0.375. The lowest BCUT2D eigenvalue weighted by Crippen LogP contribution is -2.06. The van der Waals surface area contributed by atoms with Crippen molar-refractivity contribution in [3.63, 3.8) is 0 Å². The van der Waals surface area contributed by atoms with Gasteiger partial charge in [-0.3, -0.25) is 0 Å². The monoisotopic (exact) mass is 430 g/mol. The molecule has 7 nitrogen and oxygen atoms in total. The molecule has 0 unspecified atom stereocenters. The third-order valence-corrected chi connectivity index (χ3v) is 4.43. The van der Waals surface area contributed by atoms with Crippen LogP contribution < -0.4 is 14.2 Å². The van der Waals surface area contributed by atoms with E-state index < -0.39 is 5.97 Å². The van der Waals surface area contributed by atoms with Crippen LogP contribution in [0, 0.1) is 0 Å². The Bertz CT molecular complexity index is 889. The summed E-state index contributed by atoms with van der Waals surface area (Å²) in [6.45, 7) is 4.98. The first-order valence-corrected chi connectivity index (χ1v) is 10.3. The van der Waals surface area contributed by atoms with Crippen LogP contribution in [-0.4, -0.2) is 43.1 Å². The second kappa shape index (κ2) is 12.4. The number of unbranched alkanes of at least 4 members (excludes halogenated alkanes) is 1. The summed E-state index contributed by atoms with van der Waals surface area (Å²) in [7, 11) is 1.55. The number of ether oxygens (including phenoxy) is 4. The summed E-state index contributed by atoms with van der Waals surface area (Å²) < 4.78 is 22.3. The molecule has 0 saturated heterocycles. The maximum atomic E-state index is 11.3. The first kappa shape index (κ1) is 23.9. The van der Waals surface area contributed by atoms with Gasteiger partial charge in [0.25, 0.3) is 0 Å². The Morgan fingerprint density at radius 3 is 2.45 bits per heavy atom. The second-order valence-corrected chi connectivity index (χ2v) is 6.75. The van der Waals surface area contributed by atoms with Gasteiger partial charge < -0.3 is 29.2 Å². The molecule has 0 atom stereocenters. The number of methoxy groups -OCH3 is 1. The largest absolute Gasteiger partial charge is 0.508 e. The molecule has 0 aliphatic rings. The minimum atomic E-state index is -1.13. The molecule has 0 heterocycles. The zero-order valence-electron chi connectivity index (χ0n) is 18.2. The number of hydrogen-bond donors (Lipinski definition) is 2. The van der Waals surface area contributed by atoms with Crippen molar-refractivity contribution in [1.82, 2.24) is 0 Å². The maximum Gasteiger partial charge on any atom is 0.371 e. The number of carbonyl (C=O) groups is 1. The number of aromatic hydroxyl groups is 1. The first-order valence-electron chi connectivity index (χ1n) is 10.3. The lowest BCUT2D eigenvalue weighted by molar-refractivity contribution is -0.136. The van der Waals surface area contributed by atoms with E-state index in [1.807, 2.05) is 0 Å². The molecule has 0 bridgehead atoms. The van der Waals surface area contributed by atoms with E-state index in [9.17, 15) is 15.0 Å². The molecule has 168 valence electrons. The van der Waals surface area contributed by atoms with Gasteiger partial charge in [-0.05, 0) is 48.7 Å². The van der Waals surface area contributed by atoms with Gasteiger partial charge >= 0.3 is 5.97 Å². The van der Waals surface area contributed by atoms with Gasteiger partial charge in [-0.25, -0.2) is 4.79 Å². The third kappa shape index (κ3) is 7.44. The number of hydrogen-bond acceptors (Lipinski definition) is 6. The van der Waals surface area contributed by atoms with Crippen molar-refractivity contribution in [2.24, 2.45) is 0 Å². The second-order valence-electron chi connectivity index (χ2n) is 6.75. The first-order chi connectivity index (χ1) is 15.0. The summed E-state index contributed by atoms with van der Waals surface area (Å²) in [5.41, 5.74) is 1.56. The van der Waals surface area contributed by atoms with Gasteiger partial charge in [0, 0.05) is 12.5 Å². The highest BCUT2D eigenvalue weighted by molar-refractivity contribution is 5.90. The van der Waals surface area contributed by atoms with Crippen molar-refractivity contribution in [2.75, 3.05) is 26.9 Å². The summed E-state index contributed by atoms with van der Waals surface area (Å²) in [6, 6.07) is 10.2. The molecule has 2 rings (SSSR count). The predicted octanol–water partition coefficient (Wildman–Crippen LogP) is 4.66. The Balaban J connectivity index is 2.17. The van der Waals surface area contributed by atoms with Gasteiger partial charge in [0.15, 0.2) is 11.5 Å².